The van der Waals surface area contributed by atoms with Gasteiger partial charge in [0.1, 0.15) is 18.3 Å². The Morgan fingerprint density at radius 3 is 2.61 bits per heavy atom. The van der Waals surface area contributed by atoms with E-state index in [9.17, 15) is 9.59 Å². The number of tetrazole rings is 1. The van der Waals surface area contributed by atoms with Crippen molar-refractivity contribution in [2.45, 2.75) is 71.1 Å². The van der Waals surface area contributed by atoms with Gasteiger partial charge in [-0.15, -0.1) is 10.2 Å². The van der Waals surface area contributed by atoms with Crippen molar-refractivity contribution in [1.82, 2.24) is 30.4 Å². The van der Waals surface area contributed by atoms with Crippen LogP contribution in [0, 0.1) is 6.92 Å². The van der Waals surface area contributed by atoms with Crippen LogP contribution in [-0.2, 0) is 22.7 Å². The molecule has 1 aliphatic rings. The van der Waals surface area contributed by atoms with Crippen molar-refractivity contribution >= 4 is 11.8 Å². The summed E-state index contributed by atoms with van der Waals surface area (Å²) in [6, 6.07) is 12.9. The first-order valence-electron chi connectivity index (χ1n) is 11.5. The molecule has 0 spiro atoms. The number of hydrogen-bond acceptors (Lipinski definition) is 6. The second-order valence-electron chi connectivity index (χ2n) is 8.47. The molecular weight excluding hydrogens is 420 g/mol. The van der Waals surface area contributed by atoms with Gasteiger partial charge >= 0.3 is 0 Å². The topological polar surface area (TPSA) is 106 Å². The van der Waals surface area contributed by atoms with Crippen molar-refractivity contribution < 1.29 is 14.0 Å². The average Bonchev–Trinajstić information content (AvgIpc) is 3.57. The Morgan fingerprint density at radius 2 is 1.94 bits per heavy atom. The van der Waals surface area contributed by atoms with Gasteiger partial charge in [0.2, 0.25) is 17.6 Å². The molecule has 9 nitrogen and oxygen atoms in total. The zero-order valence-corrected chi connectivity index (χ0v) is 19.1. The zero-order valence-electron chi connectivity index (χ0n) is 19.1. The van der Waals surface area contributed by atoms with Gasteiger partial charge in [-0.1, -0.05) is 50.1 Å². The third kappa shape index (κ3) is 5.66. The predicted octanol–water partition coefficient (Wildman–Crippen LogP) is 3.11. The molecule has 0 bridgehead atoms. The van der Waals surface area contributed by atoms with Gasteiger partial charge in [-0.25, -0.2) is 0 Å². The van der Waals surface area contributed by atoms with Gasteiger partial charge < -0.3 is 14.6 Å². The number of nitrogens with one attached hydrogen (secondary N) is 1. The molecule has 2 heterocycles. The highest BCUT2D eigenvalue weighted by atomic mass is 16.3. The summed E-state index contributed by atoms with van der Waals surface area (Å²) in [5.74, 6) is 1.20. The Labute approximate surface area is 193 Å². The molecule has 1 fully saturated rings. The van der Waals surface area contributed by atoms with Gasteiger partial charge in [0, 0.05) is 12.6 Å². The van der Waals surface area contributed by atoms with Crippen molar-refractivity contribution in [2.24, 2.45) is 0 Å². The smallest absolute Gasteiger partial charge is 0.247 e. The summed E-state index contributed by atoms with van der Waals surface area (Å²) in [6.45, 7) is 3.97. The van der Waals surface area contributed by atoms with Gasteiger partial charge in [0.05, 0.1) is 0 Å². The third-order valence-electron chi connectivity index (χ3n) is 5.97. The fourth-order valence-electron chi connectivity index (χ4n) is 4.24. The van der Waals surface area contributed by atoms with E-state index in [1.807, 2.05) is 50.2 Å². The number of benzene rings is 1. The van der Waals surface area contributed by atoms with Gasteiger partial charge in [-0.2, -0.15) is 4.80 Å². The van der Waals surface area contributed by atoms with Crippen molar-refractivity contribution in [2.75, 3.05) is 0 Å². The molecule has 2 amide bonds. The minimum absolute atomic E-state index is 0.105. The van der Waals surface area contributed by atoms with Gasteiger partial charge in [-0.3, -0.25) is 9.59 Å². The molecule has 0 aliphatic heterocycles. The normalized spacial score (nSPS) is 14.8. The molecule has 1 unspecified atom stereocenters. The van der Waals surface area contributed by atoms with Crippen LogP contribution in [-0.4, -0.2) is 49.0 Å². The predicted molar refractivity (Wildman–Crippen MR) is 122 cm³/mol. The number of hydrogen-bond donors (Lipinski definition) is 1. The van der Waals surface area contributed by atoms with Gasteiger partial charge in [0.15, 0.2) is 5.76 Å². The van der Waals surface area contributed by atoms with Crippen molar-refractivity contribution in [1.29, 1.82) is 0 Å². The lowest BCUT2D eigenvalue weighted by atomic mass is 10.1. The van der Waals surface area contributed by atoms with E-state index in [2.05, 4.69) is 20.7 Å². The van der Waals surface area contributed by atoms with Crippen molar-refractivity contribution in [3.63, 3.8) is 0 Å². The van der Waals surface area contributed by atoms with E-state index < -0.39 is 6.04 Å². The van der Waals surface area contributed by atoms with Crippen LogP contribution < -0.4 is 5.32 Å². The van der Waals surface area contributed by atoms with Gasteiger partial charge in [0.25, 0.3) is 0 Å². The quantitative estimate of drug-likeness (QED) is 0.537. The molecule has 1 aromatic carbocycles. The maximum Gasteiger partial charge on any atom is 0.247 e. The van der Waals surface area contributed by atoms with Crippen molar-refractivity contribution in [3.8, 4) is 11.6 Å². The summed E-state index contributed by atoms with van der Waals surface area (Å²) in [5.41, 5.74) is 0.955. The number of nitrogens with zero attached hydrogens (tertiary/aromatic N) is 5. The number of carbonyl (C=O) groups excluding carboxylic acids is 2. The lowest BCUT2D eigenvalue weighted by molar-refractivity contribution is -0.142. The lowest BCUT2D eigenvalue weighted by Crippen LogP contribution is -2.51. The lowest BCUT2D eigenvalue weighted by Gasteiger charge is -2.31. The van der Waals surface area contributed by atoms with E-state index in [4.69, 9.17) is 4.42 Å². The summed E-state index contributed by atoms with van der Waals surface area (Å²) < 4.78 is 5.54. The Balaban J connectivity index is 1.52. The molecule has 0 radical (unpaired) electrons. The van der Waals surface area contributed by atoms with E-state index in [1.54, 1.807) is 11.0 Å². The van der Waals surface area contributed by atoms with Crippen LogP contribution in [0.4, 0.5) is 0 Å². The summed E-state index contributed by atoms with van der Waals surface area (Å²) in [7, 11) is 0. The maximum atomic E-state index is 13.4. The molecule has 2 aromatic heterocycles. The second kappa shape index (κ2) is 10.4. The van der Waals surface area contributed by atoms with Crippen LogP contribution >= 0.6 is 0 Å². The largest absolute Gasteiger partial charge is 0.458 e. The molecule has 1 atom stereocenters. The fourth-order valence-corrected chi connectivity index (χ4v) is 4.24. The molecule has 3 aromatic rings. The number of amides is 2. The van der Waals surface area contributed by atoms with Crippen LogP contribution in [0.2, 0.25) is 0 Å². The maximum absolute atomic E-state index is 13.4. The molecular formula is C24H30N6O3. The average molecular weight is 451 g/mol. The van der Waals surface area contributed by atoms with Crippen LogP contribution in [0.5, 0.6) is 0 Å². The highest BCUT2D eigenvalue weighted by Crippen LogP contribution is 2.20. The summed E-state index contributed by atoms with van der Waals surface area (Å²) in [4.78, 5) is 29.4. The first-order valence-corrected chi connectivity index (χ1v) is 11.5. The Hall–Kier alpha value is -3.49. The monoisotopic (exact) mass is 450 g/mol. The molecule has 1 N–H and O–H groups in total. The first-order chi connectivity index (χ1) is 16.0. The molecule has 1 saturated carbocycles. The van der Waals surface area contributed by atoms with E-state index in [0.29, 0.717) is 24.6 Å². The fraction of sp³-hybridized carbons (Fsp3) is 0.458. The molecule has 9 heteroatoms. The van der Waals surface area contributed by atoms with Gasteiger partial charge in [-0.05, 0) is 49.1 Å². The van der Waals surface area contributed by atoms with Crippen LogP contribution in [0.15, 0.2) is 46.9 Å². The minimum Gasteiger partial charge on any atom is -0.458 e. The SMILES string of the molecule is CCC(C(=O)NC1CCCC1)N(Cc1ccccc1)C(=O)Cn1nnc(-c2ccc(C)o2)n1. The van der Waals surface area contributed by atoms with Crippen LogP contribution in [0.1, 0.15) is 50.4 Å². The molecule has 0 saturated heterocycles. The molecule has 4 rings (SSSR count). The first kappa shape index (κ1) is 22.7. The number of aromatic nitrogens is 4. The number of aryl methyl sites for hydroxylation is 1. The highest BCUT2D eigenvalue weighted by Gasteiger charge is 2.31. The van der Waals surface area contributed by atoms with E-state index in [0.717, 1.165) is 37.0 Å². The summed E-state index contributed by atoms with van der Waals surface area (Å²) in [5, 5.41) is 15.5. The molecule has 1 aliphatic carbocycles. The Morgan fingerprint density at radius 1 is 1.18 bits per heavy atom. The molecule has 174 valence electrons. The highest BCUT2D eigenvalue weighted by molar-refractivity contribution is 5.87. The summed E-state index contributed by atoms with van der Waals surface area (Å²) >= 11 is 0. The second-order valence-corrected chi connectivity index (χ2v) is 8.47. The third-order valence-corrected chi connectivity index (χ3v) is 5.97. The Bertz CT molecular complexity index is 1070. The van der Waals surface area contributed by atoms with Crippen molar-refractivity contribution in [3.05, 3.63) is 53.8 Å². The van der Waals surface area contributed by atoms with Crippen LogP contribution in [0.25, 0.3) is 11.6 Å². The molecule has 33 heavy (non-hydrogen) atoms. The zero-order chi connectivity index (χ0) is 23.2. The van der Waals surface area contributed by atoms with Crippen LogP contribution in [0.3, 0.4) is 0 Å². The standard InChI is InChI=1S/C24H30N6O3/c1-3-20(24(32)25-19-11-7-8-12-19)29(15-18-9-5-4-6-10-18)22(31)16-30-27-23(26-28-30)21-14-13-17(2)33-21/h4-6,9-10,13-14,19-20H,3,7-8,11-12,15-16H2,1-2H3,(H,25,32). The number of furan rings is 1. The number of rotatable bonds is 9. The van der Waals surface area contributed by atoms with E-state index in [-0.39, 0.29) is 24.4 Å². The summed E-state index contributed by atoms with van der Waals surface area (Å²) in [6.07, 6.45) is 4.76. The number of carbonyl (C=O) groups is 2. The van der Waals surface area contributed by atoms with E-state index in [1.165, 1.54) is 4.80 Å². The van der Waals surface area contributed by atoms with E-state index >= 15 is 0 Å². The minimum atomic E-state index is -0.575. The Kier molecular flexibility index (Phi) is 7.16.